The molecule has 0 amide bonds. The zero-order chi connectivity index (χ0) is 18.6. The Kier molecular flexibility index (Phi) is 9.19. The molecule has 1 saturated heterocycles. The van der Waals surface area contributed by atoms with Crippen molar-refractivity contribution < 1.29 is 14.6 Å². The van der Waals surface area contributed by atoms with Crippen molar-refractivity contribution >= 4 is 12.0 Å². The monoisotopic (exact) mass is 356 g/mol. The number of hydrogen-bond acceptors (Lipinski definition) is 2. The Morgan fingerprint density at radius 2 is 1.81 bits per heavy atom. The lowest BCUT2D eigenvalue weighted by atomic mass is 9.98. The molecule has 0 aromatic heterocycles. The van der Waals surface area contributed by atoms with E-state index in [1.165, 1.54) is 51.4 Å². The Bertz CT molecular complexity index is 612. The van der Waals surface area contributed by atoms with Crippen molar-refractivity contribution in [3.05, 3.63) is 53.1 Å². The third kappa shape index (κ3) is 7.17. The maximum Gasteiger partial charge on any atom is 0.336 e. The lowest BCUT2D eigenvalue weighted by Crippen LogP contribution is -2.03. The van der Waals surface area contributed by atoms with Gasteiger partial charge in [0, 0.05) is 5.56 Å². The minimum Gasteiger partial charge on any atom is -0.478 e. The smallest absolute Gasteiger partial charge is 0.336 e. The van der Waals surface area contributed by atoms with E-state index in [0.717, 1.165) is 17.5 Å². The molecule has 1 N–H and O–H groups in total. The van der Waals surface area contributed by atoms with Gasteiger partial charge in [0.1, 0.15) is 6.10 Å². The summed E-state index contributed by atoms with van der Waals surface area (Å²) in [6.07, 6.45) is 20.0. The fourth-order valence-corrected chi connectivity index (χ4v) is 3.22. The third-order valence-electron chi connectivity index (χ3n) is 4.77. The van der Waals surface area contributed by atoms with Crippen molar-refractivity contribution in [3.8, 4) is 0 Å². The molecule has 26 heavy (non-hydrogen) atoms. The second kappa shape index (κ2) is 11.7. The van der Waals surface area contributed by atoms with Gasteiger partial charge < -0.3 is 9.84 Å². The first-order valence-electron chi connectivity index (χ1n) is 10.0. The first-order chi connectivity index (χ1) is 12.7. The summed E-state index contributed by atoms with van der Waals surface area (Å²) in [5.41, 5.74) is 2.08. The first kappa shape index (κ1) is 20.4. The van der Waals surface area contributed by atoms with Crippen LogP contribution in [0.3, 0.4) is 0 Å². The van der Waals surface area contributed by atoms with Gasteiger partial charge in [-0.25, -0.2) is 4.79 Å². The highest BCUT2D eigenvalue weighted by Crippen LogP contribution is 2.35. The van der Waals surface area contributed by atoms with Crippen LogP contribution in [0.5, 0.6) is 0 Å². The summed E-state index contributed by atoms with van der Waals surface area (Å²) in [4.78, 5) is 11.4. The van der Waals surface area contributed by atoms with Crippen LogP contribution in [0.4, 0.5) is 0 Å². The quantitative estimate of drug-likeness (QED) is 0.247. The van der Waals surface area contributed by atoms with E-state index >= 15 is 0 Å². The number of carbonyl (C=O) groups is 1. The van der Waals surface area contributed by atoms with Crippen molar-refractivity contribution in [1.82, 2.24) is 0 Å². The Labute approximate surface area is 157 Å². The minimum absolute atomic E-state index is 0.0664. The number of epoxide rings is 1. The SMILES string of the molecule is CCCCCCCCCCC=CC=Cc1cccc(C(=O)O)c1C1CO1. The number of unbranched alkanes of at least 4 members (excludes halogenated alkanes) is 8. The number of rotatable bonds is 13. The molecule has 1 aliphatic rings. The number of hydrogen-bond donors (Lipinski definition) is 1. The molecule has 1 aromatic carbocycles. The van der Waals surface area contributed by atoms with Crippen molar-refractivity contribution in [3.63, 3.8) is 0 Å². The summed E-state index contributed by atoms with van der Waals surface area (Å²) in [6, 6.07) is 5.39. The molecule has 1 atom stereocenters. The van der Waals surface area contributed by atoms with E-state index in [-0.39, 0.29) is 6.10 Å². The van der Waals surface area contributed by atoms with Crippen LogP contribution >= 0.6 is 0 Å². The molecule has 3 heteroatoms. The molecule has 2 rings (SSSR count). The van der Waals surface area contributed by atoms with Crippen LogP contribution in [0, 0.1) is 0 Å². The predicted molar refractivity (Wildman–Crippen MR) is 107 cm³/mol. The van der Waals surface area contributed by atoms with E-state index in [1.807, 2.05) is 18.2 Å². The highest BCUT2D eigenvalue weighted by molar-refractivity contribution is 5.91. The van der Waals surface area contributed by atoms with Gasteiger partial charge in [0.2, 0.25) is 0 Å². The molecule has 0 spiro atoms. The molecule has 1 unspecified atom stereocenters. The van der Waals surface area contributed by atoms with Gasteiger partial charge in [-0.15, -0.1) is 0 Å². The van der Waals surface area contributed by atoms with Gasteiger partial charge in [0.15, 0.2) is 0 Å². The van der Waals surface area contributed by atoms with Crippen LogP contribution < -0.4 is 0 Å². The summed E-state index contributed by atoms with van der Waals surface area (Å²) in [5.74, 6) is -0.893. The molecule has 142 valence electrons. The molecular formula is C23H32O3. The molecule has 1 aliphatic heterocycles. The number of aromatic carboxylic acids is 1. The van der Waals surface area contributed by atoms with Crippen molar-refractivity contribution in [2.45, 2.75) is 70.8 Å². The molecule has 1 fully saturated rings. The van der Waals surface area contributed by atoms with Gasteiger partial charge in [0.05, 0.1) is 12.2 Å². The topological polar surface area (TPSA) is 49.8 Å². The van der Waals surface area contributed by atoms with Crippen molar-refractivity contribution in [2.75, 3.05) is 6.61 Å². The highest BCUT2D eigenvalue weighted by atomic mass is 16.6. The van der Waals surface area contributed by atoms with Gasteiger partial charge in [-0.3, -0.25) is 0 Å². The van der Waals surface area contributed by atoms with E-state index in [0.29, 0.717) is 12.2 Å². The van der Waals surface area contributed by atoms with Gasteiger partial charge in [-0.05, 0) is 24.5 Å². The highest BCUT2D eigenvalue weighted by Gasteiger charge is 2.31. The van der Waals surface area contributed by atoms with Crippen LogP contribution in [-0.2, 0) is 4.74 Å². The number of carboxylic acid groups (broad SMARTS) is 1. The molecular weight excluding hydrogens is 324 g/mol. The van der Waals surface area contributed by atoms with Gasteiger partial charge >= 0.3 is 5.97 Å². The summed E-state index contributed by atoms with van der Waals surface area (Å²) >= 11 is 0. The van der Waals surface area contributed by atoms with E-state index < -0.39 is 5.97 Å². The third-order valence-corrected chi connectivity index (χ3v) is 4.77. The number of benzene rings is 1. The van der Waals surface area contributed by atoms with Crippen LogP contribution in [0.2, 0.25) is 0 Å². The lowest BCUT2D eigenvalue weighted by molar-refractivity contribution is 0.0695. The second-order valence-electron chi connectivity index (χ2n) is 6.99. The summed E-state index contributed by atoms with van der Waals surface area (Å²) in [6.45, 7) is 2.86. The zero-order valence-electron chi connectivity index (χ0n) is 16.0. The standard InChI is InChI=1S/C23H32O3/c1-2-3-4-5-6-7-8-9-10-11-12-13-15-19-16-14-17-20(23(24)25)22(19)21-18-26-21/h11-17,21H,2-10,18H2,1H3,(H,24,25). The molecule has 0 saturated carbocycles. The van der Waals surface area contributed by atoms with E-state index in [4.69, 9.17) is 4.74 Å². The number of ether oxygens (including phenoxy) is 1. The zero-order valence-corrected chi connectivity index (χ0v) is 16.0. The average Bonchev–Trinajstić information content (AvgIpc) is 3.47. The summed E-state index contributed by atoms with van der Waals surface area (Å²) in [5, 5.41) is 9.35. The maximum absolute atomic E-state index is 11.4. The summed E-state index contributed by atoms with van der Waals surface area (Å²) < 4.78 is 5.32. The molecule has 0 aliphatic carbocycles. The molecule has 1 heterocycles. The minimum atomic E-state index is -0.893. The Balaban J connectivity index is 1.71. The lowest BCUT2D eigenvalue weighted by Gasteiger charge is -2.06. The van der Waals surface area contributed by atoms with E-state index in [1.54, 1.807) is 12.1 Å². The number of carboxylic acids is 1. The molecule has 0 bridgehead atoms. The number of allylic oxidation sites excluding steroid dienone is 3. The predicted octanol–water partition coefficient (Wildman–Crippen LogP) is 6.56. The Hall–Kier alpha value is -1.87. The average molecular weight is 357 g/mol. The van der Waals surface area contributed by atoms with Crippen molar-refractivity contribution in [1.29, 1.82) is 0 Å². The fourth-order valence-electron chi connectivity index (χ4n) is 3.22. The van der Waals surface area contributed by atoms with Crippen LogP contribution in [0.1, 0.15) is 92.3 Å². The molecule has 1 aromatic rings. The van der Waals surface area contributed by atoms with Crippen LogP contribution in [0.15, 0.2) is 36.4 Å². The largest absolute Gasteiger partial charge is 0.478 e. The fraction of sp³-hybridized carbons (Fsp3) is 0.522. The molecule has 3 nitrogen and oxygen atoms in total. The Morgan fingerprint density at radius 3 is 2.46 bits per heavy atom. The molecule has 0 radical (unpaired) electrons. The van der Waals surface area contributed by atoms with Gasteiger partial charge in [-0.2, -0.15) is 0 Å². The van der Waals surface area contributed by atoms with E-state index in [9.17, 15) is 9.90 Å². The van der Waals surface area contributed by atoms with Gasteiger partial charge in [0.25, 0.3) is 0 Å². The maximum atomic E-state index is 11.4. The van der Waals surface area contributed by atoms with Crippen molar-refractivity contribution in [2.24, 2.45) is 0 Å². The Morgan fingerprint density at radius 1 is 1.12 bits per heavy atom. The normalized spacial score (nSPS) is 16.6. The van der Waals surface area contributed by atoms with Crippen LogP contribution in [-0.4, -0.2) is 17.7 Å². The first-order valence-corrected chi connectivity index (χ1v) is 10.0. The summed E-state index contributed by atoms with van der Waals surface area (Å²) in [7, 11) is 0. The van der Waals surface area contributed by atoms with E-state index in [2.05, 4.69) is 19.1 Å². The van der Waals surface area contributed by atoms with Crippen LogP contribution in [0.25, 0.3) is 6.08 Å². The second-order valence-corrected chi connectivity index (χ2v) is 6.99. The van der Waals surface area contributed by atoms with Gasteiger partial charge in [-0.1, -0.05) is 88.3 Å².